The van der Waals surface area contributed by atoms with Crippen molar-refractivity contribution in [3.63, 3.8) is 0 Å². The zero-order chi connectivity index (χ0) is 26.1. The quantitative estimate of drug-likeness (QED) is 0.335. The number of rotatable bonds is 6. The summed E-state index contributed by atoms with van der Waals surface area (Å²) < 4.78 is 86.2. The summed E-state index contributed by atoms with van der Waals surface area (Å²) >= 11 is 7.10. The fourth-order valence-electron chi connectivity index (χ4n) is 3.80. The first-order valence-corrected chi connectivity index (χ1v) is 12.1. The van der Waals surface area contributed by atoms with Gasteiger partial charge in [0.25, 0.3) is 5.91 Å². The molecule has 1 aliphatic rings. The predicted octanol–water partition coefficient (Wildman–Crippen LogP) is 6.36. The number of ether oxygens (including phenoxy) is 1. The van der Waals surface area contributed by atoms with E-state index in [2.05, 4.69) is 9.88 Å². The Morgan fingerprint density at radius 1 is 1.03 bits per heavy atom. The van der Waals surface area contributed by atoms with E-state index < -0.39 is 35.0 Å². The SMILES string of the molecule is O=C(c1cc(C(F)(F)F)cc(C(F)(F)F)c1)N(CCCN1CCOCC1)c1nc2ccc(Cl)cc2s1. The summed E-state index contributed by atoms with van der Waals surface area (Å²) in [5, 5.41) is 0.584. The molecule has 0 saturated carbocycles. The van der Waals surface area contributed by atoms with Gasteiger partial charge in [-0.15, -0.1) is 0 Å². The highest BCUT2D eigenvalue weighted by Crippen LogP contribution is 2.37. The molecule has 2 heterocycles. The summed E-state index contributed by atoms with van der Waals surface area (Å²) in [5.41, 5.74) is -3.32. The van der Waals surface area contributed by atoms with Crippen LogP contribution in [0.4, 0.5) is 31.5 Å². The minimum absolute atomic E-state index is 0.000760. The minimum Gasteiger partial charge on any atom is -0.379 e. The van der Waals surface area contributed by atoms with E-state index in [1.54, 1.807) is 18.2 Å². The third-order valence-corrected chi connectivity index (χ3v) is 6.89. The van der Waals surface area contributed by atoms with Gasteiger partial charge in [-0.3, -0.25) is 14.6 Å². The largest absolute Gasteiger partial charge is 0.416 e. The van der Waals surface area contributed by atoms with Gasteiger partial charge in [0.2, 0.25) is 0 Å². The number of carbonyl (C=O) groups is 1. The van der Waals surface area contributed by atoms with Gasteiger partial charge >= 0.3 is 12.4 Å². The molecule has 2 aromatic carbocycles. The van der Waals surface area contributed by atoms with Gasteiger partial charge < -0.3 is 4.74 Å². The number of hydrogen-bond acceptors (Lipinski definition) is 5. The van der Waals surface area contributed by atoms with Gasteiger partial charge in [0, 0.05) is 36.8 Å². The third-order valence-electron chi connectivity index (χ3n) is 5.61. The van der Waals surface area contributed by atoms with Crippen LogP contribution in [0.25, 0.3) is 10.2 Å². The van der Waals surface area contributed by atoms with Gasteiger partial charge in [-0.2, -0.15) is 26.3 Å². The Hall–Kier alpha value is -2.41. The molecule has 194 valence electrons. The van der Waals surface area contributed by atoms with Gasteiger partial charge in [0.15, 0.2) is 5.13 Å². The Morgan fingerprint density at radius 2 is 1.67 bits per heavy atom. The number of benzene rings is 2. The van der Waals surface area contributed by atoms with Gasteiger partial charge in [-0.05, 0) is 42.8 Å². The van der Waals surface area contributed by atoms with Crippen molar-refractivity contribution in [2.45, 2.75) is 18.8 Å². The Balaban J connectivity index is 1.70. The molecule has 13 heteroatoms. The molecule has 3 aromatic rings. The predicted molar refractivity (Wildman–Crippen MR) is 125 cm³/mol. The van der Waals surface area contributed by atoms with E-state index in [0.717, 1.165) is 16.2 Å². The molecule has 1 fully saturated rings. The van der Waals surface area contributed by atoms with Gasteiger partial charge in [-0.1, -0.05) is 22.9 Å². The fraction of sp³-hybridized carbons (Fsp3) is 0.391. The van der Waals surface area contributed by atoms with Crippen LogP contribution in [0.1, 0.15) is 27.9 Å². The summed E-state index contributed by atoms with van der Waals surface area (Å²) in [6, 6.07) is 5.73. The molecule has 0 radical (unpaired) electrons. The van der Waals surface area contributed by atoms with E-state index in [1.807, 2.05) is 0 Å². The van der Waals surface area contributed by atoms with Crippen molar-refractivity contribution in [2.24, 2.45) is 0 Å². The lowest BCUT2D eigenvalue weighted by Gasteiger charge is -2.28. The van der Waals surface area contributed by atoms with E-state index >= 15 is 0 Å². The fourth-order valence-corrected chi connectivity index (χ4v) is 5.06. The second-order valence-electron chi connectivity index (χ2n) is 8.17. The molecular formula is C23H20ClF6N3O2S. The maximum absolute atomic E-state index is 13.4. The zero-order valence-corrected chi connectivity index (χ0v) is 20.2. The first-order chi connectivity index (χ1) is 16.9. The summed E-state index contributed by atoms with van der Waals surface area (Å²) in [4.78, 5) is 21.1. The van der Waals surface area contributed by atoms with Gasteiger partial charge in [0.1, 0.15) is 0 Å². The molecule has 1 aromatic heterocycles. The van der Waals surface area contributed by atoms with E-state index in [-0.39, 0.29) is 17.7 Å². The van der Waals surface area contributed by atoms with E-state index in [0.29, 0.717) is 66.6 Å². The zero-order valence-electron chi connectivity index (χ0n) is 18.6. The third kappa shape index (κ3) is 6.28. The number of carbonyl (C=O) groups excluding carboxylic acids is 1. The first-order valence-electron chi connectivity index (χ1n) is 10.9. The number of fused-ring (bicyclic) bond motifs is 1. The molecule has 0 unspecified atom stereocenters. The molecule has 0 spiro atoms. The second-order valence-corrected chi connectivity index (χ2v) is 9.61. The monoisotopic (exact) mass is 551 g/mol. The van der Waals surface area contributed by atoms with Crippen molar-refractivity contribution in [1.82, 2.24) is 9.88 Å². The maximum atomic E-state index is 13.4. The number of anilines is 1. The highest BCUT2D eigenvalue weighted by molar-refractivity contribution is 7.22. The first kappa shape index (κ1) is 26.6. The van der Waals surface area contributed by atoms with Crippen LogP contribution in [0, 0.1) is 0 Å². The van der Waals surface area contributed by atoms with Crippen molar-refractivity contribution in [3.05, 3.63) is 58.1 Å². The molecule has 1 aliphatic heterocycles. The Bertz CT molecular complexity index is 1210. The number of alkyl halides is 6. The Labute approximate surface area is 211 Å². The van der Waals surface area contributed by atoms with Crippen LogP contribution in [-0.2, 0) is 17.1 Å². The topological polar surface area (TPSA) is 45.7 Å². The van der Waals surface area contributed by atoms with Crippen LogP contribution >= 0.6 is 22.9 Å². The van der Waals surface area contributed by atoms with Gasteiger partial charge in [0.05, 0.1) is 34.6 Å². The Kier molecular flexibility index (Phi) is 7.79. The van der Waals surface area contributed by atoms with Crippen molar-refractivity contribution in [3.8, 4) is 0 Å². The summed E-state index contributed by atoms with van der Waals surface area (Å²) in [5.74, 6) is -1.00. The van der Waals surface area contributed by atoms with Crippen molar-refractivity contribution in [1.29, 1.82) is 0 Å². The van der Waals surface area contributed by atoms with Crippen molar-refractivity contribution in [2.75, 3.05) is 44.3 Å². The molecular weight excluding hydrogens is 532 g/mol. The number of aromatic nitrogens is 1. The van der Waals surface area contributed by atoms with E-state index in [4.69, 9.17) is 16.3 Å². The van der Waals surface area contributed by atoms with Gasteiger partial charge in [-0.25, -0.2) is 4.98 Å². The van der Waals surface area contributed by atoms with Crippen LogP contribution in [0.2, 0.25) is 5.02 Å². The average Bonchev–Trinajstić information content (AvgIpc) is 3.23. The molecule has 0 aliphatic carbocycles. The van der Waals surface area contributed by atoms with Crippen LogP contribution < -0.4 is 4.90 Å². The lowest BCUT2D eigenvalue weighted by atomic mass is 10.0. The molecule has 4 rings (SSSR count). The molecule has 5 nitrogen and oxygen atoms in total. The number of thiazole rings is 1. The van der Waals surface area contributed by atoms with Crippen molar-refractivity contribution < 1.29 is 35.9 Å². The molecule has 0 bridgehead atoms. The minimum atomic E-state index is -5.07. The molecule has 1 amide bonds. The lowest BCUT2D eigenvalue weighted by Crippen LogP contribution is -2.39. The molecule has 36 heavy (non-hydrogen) atoms. The number of halogens is 7. The van der Waals surface area contributed by atoms with Crippen LogP contribution in [0.3, 0.4) is 0 Å². The highest BCUT2D eigenvalue weighted by Gasteiger charge is 2.38. The Morgan fingerprint density at radius 3 is 2.28 bits per heavy atom. The standard InChI is InChI=1S/C23H20ClF6N3O2S/c24-17-2-3-18-19(13-17)36-21(31-18)33(5-1-4-32-6-8-35-9-7-32)20(34)14-10-15(22(25,26)27)12-16(11-14)23(28,29)30/h2-3,10-13H,1,4-9H2. The van der Waals surface area contributed by atoms with E-state index in [1.165, 1.54) is 0 Å². The number of hydrogen-bond donors (Lipinski definition) is 0. The normalized spacial score (nSPS) is 15.4. The lowest BCUT2D eigenvalue weighted by molar-refractivity contribution is -0.143. The summed E-state index contributed by atoms with van der Waals surface area (Å²) in [6.07, 6.45) is -9.71. The molecule has 0 atom stereocenters. The highest BCUT2D eigenvalue weighted by atomic mass is 35.5. The van der Waals surface area contributed by atoms with Crippen LogP contribution in [0.5, 0.6) is 0 Å². The second kappa shape index (κ2) is 10.5. The number of nitrogens with zero attached hydrogens (tertiary/aromatic N) is 3. The van der Waals surface area contributed by atoms with Crippen LogP contribution in [-0.4, -0.2) is 55.2 Å². The summed E-state index contributed by atoms with van der Waals surface area (Å²) in [6.45, 7) is 3.12. The van der Waals surface area contributed by atoms with Crippen molar-refractivity contribution >= 4 is 44.2 Å². The molecule has 0 N–H and O–H groups in total. The smallest absolute Gasteiger partial charge is 0.379 e. The summed E-state index contributed by atoms with van der Waals surface area (Å²) in [7, 11) is 0. The maximum Gasteiger partial charge on any atom is 0.416 e. The molecule has 1 saturated heterocycles. The average molecular weight is 552 g/mol. The van der Waals surface area contributed by atoms with Crippen LogP contribution in [0.15, 0.2) is 36.4 Å². The number of amides is 1. The number of morpholine rings is 1. The van der Waals surface area contributed by atoms with E-state index in [9.17, 15) is 31.1 Å².